The van der Waals surface area contributed by atoms with E-state index in [9.17, 15) is 0 Å². The summed E-state index contributed by atoms with van der Waals surface area (Å²) in [4.78, 5) is 7.20. The molecule has 0 aliphatic carbocycles. The summed E-state index contributed by atoms with van der Waals surface area (Å²) in [6, 6.07) is 8.05. The number of hydrogen-bond donors (Lipinski definition) is 1. The molecular formula is C15H22Cl3N3OS. The van der Waals surface area contributed by atoms with Gasteiger partial charge in [-0.3, -0.25) is 4.90 Å². The lowest BCUT2D eigenvalue weighted by Crippen LogP contribution is -2.42. The lowest BCUT2D eigenvalue weighted by Gasteiger charge is -2.26. The van der Waals surface area contributed by atoms with Crippen molar-refractivity contribution < 1.29 is 4.74 Å². The molecule has 1 N–H and O–H groups in total. The summed E-state index contributed by atoms with van der Waals surface area (Å²) in [6.45, 7) is 5.28. The predicted molar refractivity (Wildman–Crippen MR) is 104 cm³/mol. The van der Waals surface area contributed by atoms with Gasteiger partial charge in [0.15, 0.2) is 0 Å². The second-order valence-corrected chi connectivity index (χ2v) is 5.73. The smallest absolute Gasteiger partial charge is 0.129 e. The van der Waals surface area contributed by atoms with Gasteiger partial charge in [-0.15, -0.1) is 48.6 Å². The van der Waals surface area contributed by atoms with Crippen molar-refractivity contribution in [2.75, 3.05) is 33.3 Å². The molecular weight excluding hydrogens is 377 g/mol. The van der Waals surface area contributed by atoms with E-state index in [-0.39, 0.29) is 37.2 Å². The summed E-state index contributed by atoms with van der Waals surface area (Å²) in [7, 11) is 1.70. The van der Waals surface area contributed by atoms with Crippen LogP contribution >= 0.6 is 48.6 Å². The summed E-state index contributed by atoms with van der Waals surface area (Å²) in [5, 5.41) is 6.56. The molecule has 23 heavy (non-hydrogen) atoms. The fourth-order valence-corrected chi connectivity index (χ4v) is 3.26. The van der Waals surface area contributed by atoms with Gasteiger partial charge in [0.2, 0.25) is 0 Å². The minimum absolute atomic E-state index is 0. The van der Waals surface area contributed by atoms with Crippen LogP contribution in [0.4, 0.5) is 0 Å². The van der Waals surface area contributed by atoms with E-state index in [1.54, 1.807) is 18.4 Å². The molecule has 1 fully saturated rings. The normalized spacial score (nSPS) is 14.1. The van der Waals surface area contributed by atoms with Crippen LogP contribution in [0, 0.1) is 0 Å². The van der Waals surface area contributed by atoms with E-state index in [2.05, 4.69) is 21.7 Å². The van der Waals surface area contributed by atoms with Crippen LogP contribution in [0.1, 0.15) is 5.69 Å². The minimum Gasteiger partial charge on any atom is -0.496 e. The highest BCUT2D eigenvalue weighted by Crippen LogP contribution is 2.32. The number of thiazole rings is 1. The topological polar surface area (TPSA) is 37.4 Å². The van der Waals surface area contributed by atoms with E-state index < -0.39 is 0 Å². The van der Waals surface area contributed by atoms with Gasteiger partial charge in [0.25, 0.3) is 0 Å². The predicted octanol–water partition coefficient (Wildman–Crippen LogP) is 3.49. The Morgan fingerprint density at radius 3 is 2.57 bits per heavy atom. The first-order valence-electron chi connectivity index (χ1n) is 6.87. The quantitative estimate of drug-likeness (QED) is 0.855. The Morgan fingerprint density at radius 1 is 1.17 bits per heavy atom. The first-order chi connectivity index (χ1) is 9.86. The van der Waals surface area contributed by atoms with Crippen LogP contribution < -0.4 is 10.1 Å². The Kier molecular flexibility index (Phi) is 10.8. The largest absolute Gasteiger partial charge is 0.496 e. The highest BCUT2D eigenvalue weighted by molar-refractivity contribution is 7.13. The second-order valence-electron chi connectivity index (χ2n) is 4.87. The highest BCUT2D eigenvalue weighted by Gasteiger charge is 2.13. The van der Waals surface area contributed by atoms with Gasteiger partial charge in [-0.05, 0) is 12.1 Å². The molecule has 2 aromatic rings. The van der Waals surface area contributed by atoms with Crippen LogP contribution in [0.5, 0.6) is 5.75 Å². The fourth-order valence-electron chi connectivity index (χ4n) is 2.42. The Balaban J connectivity index is 0.00000161. The first-order valence-corrected chi connectivity index (χ1v) is 7.75. The molecule has 0 spiro atoms. The zero-order valence-corrected chi connectivity index (χ0v) is 16.1. The standard InChI is InChI=1S/C15H19N3OS.3ClH/c1-19-14-5-3-2-4-13(14)15-17-12(11-20-15)10-18-8-6-16-7-9-18;;;/h2-5,11,16H,6-10H2,1H3;3*1H. The molecule has 0 amide bonds. The summed E-state index contributed by atoms with van der Waals surface area (Å²) in [5.41, 5.74) is 2.23. The molecule has 0 unspecified atom stereocenters. The molecule has 8 heteroatoms. The third kappa shape index (κ3) is 5.78. The molecule has 130 valence electrons. The van der Waals surface area contributed by atoms with Crippen LogP contribution in [-0.4, -0.2) is 43.2 Å². The van der Waals surface area contributed by atoms with Gasteiger partial charge in [0.1, 0.15) is 10.8 Å². The molecule has 1 aromatic carbocycles. The molecule has 0 saturated carbocycles. The number of hydrogen-bond acceptors (Lipinski definition) is 5. The van der Waals surface area contributed by atoms with Crippen molar-refractivity contribution in [2.45, 2.75) is 6.54 Å². The zero-order valence-electron chi connectivity index (χ0n) is 12.9. The Hall–Kier alpha value is -0.560. The maximum absolute atomic E-state index is 5.41. The van der Waals surface area contributed by atoms with E-state index in [1.807, 2.05) is 18.2 Å². The summed E-state index contributed by atoms with van der Waals surface area (Å²) >= 11 is 1.69. The lowest BCUT2D eigenvalue weighted by atomic mass is 10.2. The Bertz CT molecular complexity index is 577. The molecule has 3 rings (SSSR count). The van der Waals surface area contributed by atoms with E-state index in [1.165, 1.54) is 0 Å². The molecule has 0 atom stereocenters. The number of ether oxygens (including phenoxy) is 1. The third-order valence-corrected chi connectivity index (χ3v) is 4.41. The minimum atomic E-state index is 0. The van der Waals surface area contributed by atoms with Crippen molar-refractivity contribution in [2.24, 2.45) is 0 Å². The number of aromatic nitrogens is 1. The van der Waals surface area contributed by atoms with Gasteiger partial charge >= 0.3 is 0 Å². The van der Waals surface area contributed by atoms with E-state index in [0.29, 0.717) is 0 Å². The number of methoxy groups -OCH3 is 1. The van der Waals surface area contributed by atoms with E-state index in [0.717, 1.165) is 54.7 Å². The summed E-state index contributed by atoms with van der Waals surface area (Å²) < 4.78 is 5.41. The SMILES string of the molecule is COc1ccccc1-c1nc(CN2CCNCC2)cs1.Cl.Cl.Cl. The number of rotatable bonds is 4. The van der Waals surface area contributed by atoms with Crippen molar-refractivity contribution in [3.8, 4) is 16.3 Å². The second kappa shape index (κ2) is 11.1. The average Bonchev–Trinajstić information content (AvgIpc) is 2.96. The van der Waals surface area contributed by atoms with Crippen LogP contribution in [0.15, 0.2) is 29.6 Å². The molecule has 1 saturated heterocycles. The maximum atomic E-state index is 5.41. The molecule has 0 bridgehead atoms. The monoisotopic (exact) mass is 397 g/mol. The van der Waals surface area contributed by atoms with Crippen LogP contribution in [0.2, 0.25) is 0 Å². The molecule has 4 nitrogen and oxygen atoms in total. The van der Waals surface area contributed by atoms with Gasteiger partial charge < -0.3 is 10.1 Å². The van der Waals surface area contributed by atoms with Crippen molar-refractivity contribution in [1.29, 1.82) is 0 Å². The summed E-state index contributed by atoms with van der Waals surface area (Å²) in [6.07, 6.45) is 0. The van der Waals surface area contributed by atoms with Crippen molar-refractivity contribution in [3.63, 3.8) is 0 Å². The van der Waals surface area contributed by atoms with Gasteiger partial charge in [-0.2, -0.15) is 0 Å². The maximum Gasteiger partial charge on any atom is 0.129 e. The first kappa shape index (κ1) is 22.4. The lowest BCUT2D eigenvalue weighted by molar-refractivity contribution is 0.231. The van der Waals surface area contributed by atoms with E-state index >= 15 is 0 Å². The highest BCUT2D eigenvalue weighted by atomic mass is 35.5. The van der Waals surface area contributed by atoms with Crippen LogP contribution in [-0.2, 0) is 6.54 Å². The van der Waals surface area contributed by atoms with Gasteiger partial charge in [-0.1, -0.05) is 12.1 Å². The fraction of sp³-hybridized carbons (Fsp3) is 0.400. The summed E-state index contributed by atoms with van der Waals surface area (Å²) in [5.74, 6) is 0.885. The third-order valence-electron chi connectivity index (χ3n) is 3.48. The van der Waals surface area contributed by atoms with Gasteiger partial charge in [0, 0.05) is 38.1 Å². The number of piperazine rings is 1. The molecule has 1 aliphatic rings. The van der Waals surface area contributed by atoms with Crippen LogP contribution in [0.3, 0.4) is 0 Å². The molecule has 1 aromatic heterocycles. The van der Waals surface area contributed by atoms with Crippen molar-refractivity contribution in [3.05, 3.63) is 35.3 Å². The average molecular weight is 399 g/mol. The zero-order chi connectivity index (χ0) is 13.8. The van der Waals surface area contributed by atoms with Crippen molar-refractivity contribution in [1.82, 2.24) is 15.2 Å². The van der Waals surface area contributed by atoms with E-state index in [4.69, 9.17) is 9.72 Å². The Morgan fingerprint density at radius 2 is 1.87 bits per heavy atom. The number of halogens is 3. The van der Waals surface area contributed by atoms with Crippen LogP contribution in [0.25, 0.3) is 10.6 Å². The number of para-hydroxylation sites is 1. The Labute approximate surface area is 159 Å². The number of nitrogens with zero attached hydrogens (tertiary/aromatic N) is 2. The number of nitrogens with one attached hydrogen (secondary N) is 1. The van der Waals surface area contributed by atoms with Gasteiger partial charge in [-0.25, -0.2) is 4.98 Å². The molecule has 0 radical (unpaired) electrons. The number of benzene rings is 1. The van der Waals surface area contributed by atoms with Crippen molar-refractivity contribution >= 4 is 48.6 Å². The van der Waals surface area contributed by atoms with Gasteiger partial charge in [0.05, 0.1) is 18.4 Å². The molecule has 2 heterocycles. The molecule has 1 aliphatic heterocycles.